The smallest absolute Gasteiger partial charge is 0.284 e. The molecule has 1 aromatic heterocycles. The number of anilines is 1. The zero-order chi connectivity index (χ0) is 14.5. The van der Waals surface area contributed by atoms with Crippen molar-refractivity contribution in [2.24, 2.45) is 0 Å². The molecule has 0 aliphatic heterocycles. The Hall–Kier alpha value is -1.66. The molecule has 0 bridgehead atoms. The van der Waals surface area contributed by atoms with Gasteiger partial charge in [0.25, 0.3) is 5.91 Å². The van der Waals surface area contributed by atoms with Gasteiger partial charge in [0.15, 0.2) is 0 Å². The quantitative estimate of drug-likeness (QED) is 0.922. The molecule has 5 nitrogen and oxygen atoms in total. The lowest BCUT2D eigenvalue weighted by molar-refractivity contribution is 0.0784. The number of halogens is 1. The van der Waals surface area contributed by atoms with Crippen LogP contribution in [0, 0.1) is 0 Å². The first-order chi connectivity index (χ1) is 9.61. The topological polar surface area (TPSA) is 58.1 Å². The lowest BCUT2D eigenvalue weighted by Crippen LogP contribution is -2.26. The molecule has 0 saturated carbocycles. The zero-order valence-corrected chi connectivity index (χ0v) is 12.8. The van der Waals surface area contributed by atoms with Gasteiger partial charge in [-0.2, -0.15) is 0 Å². The van der Waals surface area contributed by atoms with Gasteiger partial charge in [-0.15, -0.1) is 10.2 Å². The highest BCUT2D eigenvalue weighted by Gasteiger charge is 2.18. The Morgan fingerprint density at radius 1 is 1.40 bits per heavy atom. The summed E-state index contributed by atoms with van der Waals surface area (Å²) in [4.78, 5) is 13.8. The number of aromatic nitrogens is 2. The highest BCUT2D eigenvalue weighted by atomic mass is 35.5. The molecule has 2 aromatic rings. The summed E-state index contributed by atoms with van der Waals surface area (Å²) in [6.45, 7) is 3.15. The number of hydrogen-bond donors (Lipinski definition) is 1. The predicted molar refractivity (Wildman–Crippen MR) is 81.3 cm³/mol. The largest absolute Gasteiger partial charge is 0.360 e. The Morgan fingerprint density at radius 3 is 2.85 bits per heavy atom. The zero-order valence-electron chi connectivity index (χ0n) is 11.3. The van der Waals surface area contributed by atoms with Gasteiger partial charge in [0, 0.05) is 25.2 Å². The third-order valence-electron chi connectivity index (χ3n) is 2.65. The van der Waals surface area contributed by atoms with Crippen molar-refractivity contribution in [3.05, 3.63) is 39.9 Å². The summed E-state index contributed by atoms with van der Waals surface area (Å²) in [5.41, 5.74) is 0.904. The molecule has 106 valence electrons. The molecule has 0 aliphatic carbocycles. The molecule has 0 spiro atoms. The fourth-order valence-corrected chi connectivity index (χ4v) is 2.65. The van der Waals surface area contributed by atoms with Crippen molar-refractivity contribution in [2.45, 2.75) is 13.5 Å². The van der Waals surface area contributed by atoms with Crippen LogP contribution in [0.1, 0.15) is 22.3 Å². The molecular formula is C13H15ClN4OS. The number of nitrogens with zero attached hydrogens (tertiary/aromatic N) is 3. The van der Waals surface area contributed by atoms with Gasteiger partial charge in [0.2, 0.25) is 10.1 Å². The Kier molecular flexibility index (Phi) is 4.92. The highest BCUT2D eigenvalue weighted by Crippen LogP contribution is 2.20. The van der Waals surface area contributed by atoms with Gasteiger partial charge in [-0.25, -0.2) is 0 Å². The minimum atomic E-state index is -0.161. The molecule has 0 saturated heterocycles. The molecule has 1 aromatic carbocycles. The molecule has 1 N–H and O–H groups in total. The maximum atomic E-state index is 12.2. The lowest BCUT2D eigenvalue weighted by atomic mass is 10.2. The maximum Gasteiger partial charge on any atom is 0.284 e. The number of carbonyl (C=O) groups is 1. The summed E-state index contributed by atoms with van der Waals surface area (Å²) in [6.07, 6.45) is 0. The Balaban J connectivity index is 2.06. The van der Waals surface area contributed by atoms with Gasteiger partial charge in [-0.3, -0.25) is 4.79 Å². The SMILES string of the molecule is CCNc1nnc(C(=O)N(C)Cc2ccccc2Cl)s1. The number of carbonyl (C=O) groups excluding carboxylic acids is 1. The van der Waals surface area contributed by atoms with Gasteiger partial charge >= 0.3 is 0 Å². The molecule has 0 aliphatic rings. The Bertz CT molecular complexity index is 602. The van der Waals surface area contributed by atoms with Crippen molar-refractivity contribution < 1.29 is 4.79 Å². The van der Waals surface area contributed by atoms with Crippen molar-refractivity contribution in [3.63, 3.8) is 0 Å². The maximum absolute atomic E-state index is 12.2. The molecule has 1 amide bonds. The van der Waals surface area contributed by atoms with E-state index < -0.39 is 0 Å². The third kappa shape index (κ3) is 3.46. The Labute approximate surface area is 126 Å². The van der Waals surface area contributed by atoms with Crippen molar-refractivity contribution in [1.29, 1.82) is 0 Å². The second kappa shape index (κ2) is 6.67. The van der Waals surface area contributed by atoms with Crippen LogP contribution in [0.4, 0.5) is 5.13 Å². The summed E-state index contributed by atoms with van der Waals surface area (Å²) < 4.78 is 0. The van der Waals surface area contributed by atoms with Crippen molar-refractivity contribution in [3.8, 4) is 0 Å². The predicted octanol–water partition coefficient (Wildman–Crippen LogP) is 2.90. The van der Waals surface area contributed by atoms with Gasteiger partial charge in [0.05, 0.1) is 0 Å². The van der Waals surface area contributed by atoms with E-state index in [0.717, 1.165) is 12.1 Å². The third-order valence-corrected chi connectivity index (χ3v) is 3.89. The van der Waals surface area contributed by atoms with Gasteiger partial charge < -0.3 is 10.2 Å². The van der Waals surface area contributed by atoms with Crippen LogP contribution < -0.4 is 5.32 Å². The summed E-state index contributed by atoms with van der Waals surface area (Å²) >= 11 is 7.34. The number of benzene rings is 1. The first-order valence-corrected chi connectivity index (χ1v) is 7.37. The van der Waals surface area contributed by atoms with Crippen LogP contribution in [0.5, 0.6) is 0 Å². The molecule has 1 heterocycles. The lowest BCUT2D eigenvalue weighted by Gasteiger charge is -2.16. The van der Waals surface area contributed by atoms with Crippen LogP contribution in [-0.2, 0) is 6.54 Å². The van der Waals surface area contributed by atoms with Gasteiger partial charge in [-0.05, 0) is 18.6 Å². The fourth-order valence-electron chi connectivity index (χ4n) is 1.65. The molecule has 0 atom stereocenters. The molecule has 7 heteroatoms. The van der Waals surface area contributed by atoms with E-state index in [1.54, 1.807) is 11.9 Å². The first-order valence-electron chi connectivity index (χ1n) is 6.18. The van der Waals surface area contributed by atoms with E-state index in [4.69, 9.17) is 11.6 Å². The first kappa shape index (κ1) is 14.7. The molecule has 0 radical (unpaired) electrons. The Morgan fingerprint density at radius 2 is 2.15 bits per heavy atom. The summed E-state index contributed by atoms with van der Waals surface area (Å²) in [6, 6.07) is 7.47. The van der Waals surface area contributed by atoms with Crippen LogP contribution in [0.3, 0.4) is 0 Å². The van der Waals surface area contributed by atoms with Crippen molar-refractivity contribution in [2.75, 3.05) is 18.9 Å². The van der Waals surface area contributed by atoms with Crippen molar-refractivity contribution >= 4 is 34.0 Å². The molecular weight excluding hydrogens is 296 g/mol. The molecule has 20 heavy (non-hydrogen) atoms. The minimum absolute atomic E-state index is 0.161. The van der Waals surface area contributed by atoms with E-state index in [-0.39, 0.29) is 5.91 Å². The van der Waals surface area contributed by atoms with Crippen molar-refractivity contribution in [1.82, 2.24) is 15.1 Å². The van der Waals surface area contributed by atoms with E-state index in [1.807, 2.05) is 31.2 Å². The molecule has 2 rings (SSSR count). The standard InChI is InChI=1S/C13H15ClN4OS/c1-3-15-13-17-16-11(20-13)12(19)18(2)8-9-6-4-5-7-10(9)14/h4-7H,3,8H2,1-2H3,(H,15,17). The van der Waals surface area contributed by atoms with Gasteiger partial charge in [0.1, 0.15) is 0 Å². The van der Waals surface area contributed by atoms with E-state index in [2.05, 4.69) is 15.5 Å². The van der Waals surface area contributed by atoms with E-state index in [1.165, 1.54) is 11.3 Å². The van der Waals surface area contributed by atoms with E-state index >= 15 is 0 Å². The molecule has 0 fully saturated rings. The van der Waals surface area contributed by atoms with Crippen LogP contribution in [0.15, 0.2) is 24.3 Å². The second-order valence-electron chi connectivity index (χ2n) is 4.20. The number of rotatable bonds is 5. The average Bonchev–Trinajstić information content (AvgIpc) is 2.89. The molecule has 0 unspecified atom stereocenters. The van der Waals surface area contributed by atoms with Crippen LogP contribution in [-0.4, -0.2) is 34.6 Å². The summed E-state index contributed by atoms with van der Waals surface area (Å²) in [7, 11) is 1.72. The second-order valence-corrected chi connectivity index (χ2v) is 5.58. The number of hydrogen-bond acceptors (Lipinski definition) is 5. The normalized spacial score (nSPS) is 10.3. The summed E-state index contributed by atoms with van der Waals surface area (Å²) in [5.74, 6) is -0.161. The van der Waals surface area contributed by atoms with Crippen LogP contribution in [0.2, 0.25) is 5.02 Å². The monoisotopic (exact) mass is 310 g/mol. The van der Waals surface area contributed by atoms with E-state index in [0.29, 0.717) is 21.7 Å². The van der Waals surface area contributed by atoms with E-state index in [9.17, 15) is 4.79 Å². The summed E-state index contributed by atoms with van der Waals surface area (Å²) in [5, 5.41) is 12.5. The number of amides is 1. The minimum Gasteiger partial charge on any atom is -0.360 e. The van der Waals surface area contributed by atoms with Crippen LogP contribution >= 0.6 is 22.9 Å². The van der Waals surface area contributed by atoms with Crippen LogP contribution in [0.25, 0.3) is 0 Å². The average molecular weight is 311 g/mol. The fraction of sp³-hybridized carbons (Fsp3) is 0.308. The highest BCUT2D eigenvalue weighted by molar-refractivity contribution is 7.17. The number of nitrogens with one attached hydrogen (secondary N) is 1. The van der Waals surface area contributed by atoms with Gasteiger partial charge in [-0.1, -0.05) is 41.1 Å².